The van der Waals surface area contributed by atoms with Gasteiger partial charge < -0.3 is 5.32 Å². The van der Waals surface area contributed by atoms with Gasteiger partial charge in [0.05, 0.1) is 10.9 Å². The molecule has 0 aliphatic rings. The summed E-state index contributed by atoms with van der Waals surface area (Å²) in [6.45, 7) is 1.98. The van der Waals surface area contributed by atoms with Crippen LogP contribution in [0.1, 0.15) is 35.3 Å². The molecule has 2 aromatic rings. The van der Waals surface area contributed by atoms with Crippen LogP contribution in [0.15, 0.2) is 53.4 Å². The van der Waals surface area contributed by atoms with Crippen LogP contribution in [0.2, 0.25) is 0 Å². The van der Waals surface area contributed by atoms with Gasteiger partial charge in [0.25, 0.3) is 5.91 Å². The minimum Gasteiger partial charge on any atom is -0.345 e. The molecule has 4 nitrogen and oxygen atoms in total. The number of hydrogen-bond acceptors (Lipinski definition) is 3. The first-order chi connectivity index (χ1) is 10.8. The molecule has 0 radical (unpaired) electrons. The van der Waals surface area contributed by atoms with Crippen molar-refractivity contribution in [1.82, 2.24) is 5.32 Å². The normalized spacial score (nSPS) is 12.7. The summed E-state index contributed by atoms with van der Waals surface area (Å²) in [6.07, 6.45) is 1.90. The van der Waals surface area contributed by atoms with Crippen LogP contribution in [0.3, 0.4) is 0 Å². The van der Waals surface area contributed by atoms with Crippen molar-refractivity contribution in [3.05, 3.63) is 63.2 Å². The lowest BCUT2D eigenvalue weighted by atomic mass is 10.0. The van der Waals surface area contributed by atoms with Gasteiger partial charge in [-0.1, -0.05) is 19.1 Å². The van der Waals surface area contributed by atoms with E-state index < -0.39 is 9.84 Å². The number of carbonyl (C=O) groups excluding carboxylic acids is 1. The molecule has 0 unspecified atom stereocenters. The molecular formula is C17H18INO3S. The van der Waals surface area contributed by atoms with Gasteiger partial charge in [-0.05, 0) is 71.0 Å². The first-order valence-electron chi connectivity index (χ1n) is 7.17. The lowest BCUT2D eigenvalue weighted by Crippen LogP contribution is -2.28. The van der Waals surface area contributed by atoms with Gasteiger partial charge in [-0.3, -0.25) is 4.79 Å². The highest BCUT2D eigenvalue weighted by atomic mass is 127. The van der Waals surface area contributed by atoms with Crippen LogP contribution in [0.25, 0.3) is 0 Å². The molecule has 0 saturated carbocycles. The maximum atomic E-state index is 12.3. The van der Waals surface area contributed by atoms with Gasteiger partial charge in [0.2, 0.25) is 0 Å². The average Bonchev–Trinajstić information content (AvgIpc) is 2.52. The Kier molecular flexibility index (Phi) is 5.80. The largest absolute Gasteiger partial charge is 0.345 e. The second-order valence-electron chi connectivity index (χ2n) is 5.28. The SMILES string of the molecule is CC[C@H](NC(=O)c1ccc(I)cc1)c1ccc(S(C)(=O)=O)cc1. The topological polar surface area (TPSA) is 63.2 Å². The number of amides is 1. The fraction of sp³-hybridized carbons (Fsp3) is 0.235. The Morgan fingerprint density at radius 3 is 2.13 bits per heavy atom. The van der Waals surface area contributed by atoms with Crippen LogP contribution in [0, 0.1) is 3.57 Å². The molecule has 23 heavy (non-hydrogen) atoms. The summed E-state index contributed by atoms with van der Waals surface area (Å²) >= 11 is 2.19. The molecule has 0 bridgehead atoms. The average molecular weight is 443 g/mol. The molecule has 1 N–H and O–H groups in total. The van der Waals surface area contributed by atoms with Gasteiger partial charge in [-0.2, -0.15) is 0 Å². The highest BCUT2D eigenvalue weighted by Crippen LogP contribution is 2.20. The lowest BCUT2D eigenvalue weighted by Gasteiger charge is -2.18. The van der Waals surface area contributed by atoms with E-state index in [1.165, 1.54) is 6.26 Å². The van der Waals surface area contributed by atoms with Crippen LogP contribution in [-0.4, -0.2) is 20.6 Å². The van der Waals surface area contributed by atoms with E-state index in [1.807, 2.05) is 19.1 Å². The Hall–Kier alpha value is -1.41. The Morgan fingerprint density at radius 2 is 1.65 bits per heavy atom. The lowest BCUT2D eigenvalue weighted by molar-refractivity contribution is 0.0935. The smallest absolute Gasteiger partial charge is 0.251 e. The molecule has 0 aliphatic carbocycles. The zero-order chi connectivity index (χ0) is 17.0. The predicted octanol–water partition coefficient (Wildman–Crippen LogP) is 3.58. The van der Waals surface area contributed by atoms with Gasteiger partial charge in [0.1, 0.15) is 0 Å². The van der Waals surface area contributed by atoms with Crippen LogP contribution >= 0.6 is 22.6 Å². The first kappa shape index (κ1) is 17.9. The van der Waals surface area contributed by atoms with Crippen LogP contribution in [0.5, 0.6) is 0 Å². The maximum Gasteiger partial charge on any atom is 0.251 e. The van der Waals surface area contributed by atoms with Crippen molar-refractivity contribution in [2.24, 2.45) is 0 Å². The summed E-state index contributed by atoms with van der Waals surface area (Å²) in [7, 11) is -3.21. The summed E-state index contributed by atoms with van der Waals surface area (Å²) in [5, 5.41) is 2.99. The fourth-order valence-electron chi connectivity index (χ4n) is 2.21. The number of rotatable bonds is 5. The molecule has 0 saturated heterocycles. The number of nitrogens with one attached hydrogen (secondary N) is 1. The zero-order valence-electron chi connectivity index (χ0n) is 12.9. The van der Waals surface area contributed by atoms with Crippen molar-refractivity contribution in [3.8, 4) is 0 Å². The maximum absolute atomic E-state index is 12.3. The zero-order valence-corrected chi connectivity index (χ0v) is 15.9. The molecule has 2 rings (SSSR count). The van der Waals surface area contributed by atoms with Crippen molar-refractivity contribution < 1.29 is 13.2 Å². The third-order valence-electron chi connectivity index (χ3n) is 3.53. The standard InChI is InChI=1S/C17H18INO3S/c1-3-16(12-6-10-15(11-7-12)23(2,21)22)19-17(20)13-4-8-14(18)9-5-13/h4-11,16H,3H2,1-2H3,(H,19,20)/t16-/m0/s1. The minimum atomic E-state index is -3.21. The highest BCUT2D eigenvalue weighted by molar-refractivity contribution is 14.1. The second-order valence-corrected chi connectivity index (χ2v) is 8.54. The van der Waals surface area contributed by atoms with E-state index >= 15 is 0 Å². The van der Waals surface area contributed by atoms with E-state index in [0.717, 1.165) is 9.13 Å². The van der Waals surface area contributed by atoms with Crippen molar-refractivity contribution in [2.75, 3.05) is 6.26 Å². The molecule has 0 fully saturated rings. The van der Waals surface area contributed by atoms with E-state index in [0.29, 0.717) is 12.0 Å². The third-order valence-corrected chi connectivity index (χ3v) is 5.38. The van der Waals surface area contributed by atoms with Gasteiger partial charge in [-0.15, -0.1) is 0 Å². The molecule has 122 valence electrons. The van der Waals surface area contributed by atoms with E-state index in [2.05, 4.69) is 27.9 Å². The van der Waals surface area contributed by atoms with Gasteiger partial charge in [0, 0.05) is 15.4 Å². The van der Waals surface area contributed by atoms with Gasteiger partial charge in [0.15, 0.2) is 9.84 Å². The summed E-state index contributed by atoms with van der Waals surface area (Å²) in [4.78, 5) is 12.6. The number of hydrogen-bond donors (Lipinski definition) is 1. The van der Waals surface area contributed by atoms with E-state index in [9.17, 15) is 13.2 Å². The van der Waals surface area contributed by atoms with Crippen LogP contribution < -0.4 is 5.32 Å². The van der Waals surface area contributed by atoms with E-state index in [4.69, 9.17) is 0 Å². The molecular weight excluding hydrogens is 425 g/mol. The van der Waals surface area contributed by atoms with E-state index in [1.54, 1.807) is 36.4 Å². The second kappa shape index (κ2) is 7.44. The predicted molar refractivity (Wildman–Crippen MR) is 99.2 cm³/mol. The molecule has 0 spiro atoms. The number of sulfone groups is 1. The third kappa shape index (κ3) is 4.78. The van der Waals surface area contributed by atoms with Gasteiger partial charge >= 0.3 is 0 Å². The highest BCUT2D eigenvalue weighted by Gasteiger charge is 2.15. The fourth-order valence-corrected chi connectivity index (χ4v) is 3.20. The monoisotopic (exact) mass is 443 g/mol. The summed E-state index contributed by atoms with van der Waals surface area (Å²) < 4.78 is 24.1. The van der Waals surface area contributed by atoms with Crippen molar-refractivity contribution in [3.63, 3.8) is 0 Å². The Labute approximate surface area is 150 Å². The minimum absolute atomic E-state index is 0.138. The molecule has 6 heteroatoms. The molecule has 1 amide bonds. The van der Waals surface area contributed by atoms with Crippen LogP contribution in [-0.2, 0) is 9.84 Å². The van der Waals surface area contributed by atoms with Crippen LogP contribution in [0.4, 0.5) is 0 Å². The Bertz CT molecular complexity index is 784. The van der Waals surface area contributed by atoms with Gasteiger partial charge in [-0.25, -0.2) is 8.42 Å². The molecule has 1 atom stereocenters. The van der Waals surface area contributed by atoms with Crippen molar-refractivity contribution in [2.45, 2.75) is 24.3 Å². The van der Waals surface area contributed by atoms with Crippen molar-refractivity contribution >= 4 is 38.3 Å². The molecule has 0 aliphatic heterocycles. The summed E-state index contributed by atoms with van der Waals surface area (Å²) in [5.41, 5.74) is 1.50. The summed E-state index contributed by atoms with van der Waals surface area (Å²) in [5.74, 6) is -0.138. The van der Waals surface area contributed by atoms with Crippen molar-refractivity contribution in [1.29, 1.82) is 0 Å². The Morgan fingerprint density at radius 1 is 1.09 bits per heavy atom. The molecule has 0 heterocycles. The number of carbonyl (C=O) groups is 1. The van der Waals surface area contributed by atoms with E-state index in [-0.39, 0.29) is 16.8 Å². The molecule has 2 aromatic carbocycles. The number of benzene rings is 2. The molecule has 0 aromatic heterocycles. The Balaban J connectivity index is 2.16. The first-order valence-corrected chi connectivity index (χ1v) is 10.1. The number of halogens is 1. The summed E-state index contributed by atoms with van der Waals surface area (Å²) in [6, 6.07) is 13.8. The quantitative estimate of drug-likeness (QED) is 0.719.